The Morgan fingerprint density at radius 3 is 2.45 bits per heavy atom. The molecule has 0 aliphatic carbocycles. The lowest BCUT2D eigenvalue weighted by Crippen LogP contribution is -1.74. The van der Waals surface area contributed by atoms with Gasteiger partial charge in [-0.3, -0.25) is 0 Å². The van der Waals surface area contributed by atoms with Crippen LogP contribution in [0.1, 0.15) is 5.56 Å². The largest absolute Gasteiger partial charge is 0.504 e. The first-order chi connectivity index (χ1) is 5.33. The summed E-state index contributed by atoms with van der Waals surface area (Å²) in [5.74, 6) is -0.223. The molecule has 0 saturated carbocycles. The molecule has 1 nitrogen and oxygen atoms in total. The van der Waals surface area contributed by atoms with Gasteiger partial charge in [-0.2, -0.15) is 0 Å². The highest BCUT2D eigenvalue weighted by atomic mass is 19.1. The van der Waals surface area contributed by atoms with Gasteiger partial charge in [0.2, 0.25) is 0 Å². The van der Waals surface area contributed by atoms with Crippen molar-refractivity contribution in [1.82, 2.24) is 0 Å². The van der Waals surface area contributed by atoms with E-state index in [1.54, 1.807) is 31.6 Å². The van der Waals surface area contributed by atoms with Gasteiger partial charge < -0.3 is 4.74 Å². The Labute approximate surface area is 65.1 Å². The normalized spacial score (nSPS) is 10.4. The van der Waals surface area contributed by atoms with Crippen LogP contribution in [0.3, 0.4) is 0 Å². The molecule has 0 unspecified atom stereocenters. The van der Waals surface area contributed by atoms with Crippen molar-refractivity contribution >= 4 is 6.08 Å². The van der Waals surface area contributed by atoms with Crippen LogP contribution in [0.2, 0.25) is 0 Å². The van der Waals surface area contributed by atoms with Gasteiger partial charge in [0, 0.05) is 0 Å². The summed E-state index contributed by atoms with van der Waals surface area (Å²) < 4.78 is 17.1. The van der Waals surface area contributed by atoms with Gasteiger partial charge >= 0.3 is 0 Å². The van der Waals surface area contributed by atoms with Crippen LogP contribution in [0.5, 0.6) is 0 Å². The Hall–Kier alpha value is -1.31. The number of benzene rings is 1. The third-order valence-corrected chi connectivity index (χ3v) is 1.27. The van der Waals surface area contributed by atoms with E-state index in [4.69, 9.17) is 4.74 Å². The van der Waals surface area contributed by atoms with Gasteiger partial charge in [-0.25, -0.2) is 4.39 Å². The molecular weight excluding hydrogens is 143 g/mol. The average Bonchev–Trinajstić information content (AvgIpc) is 2.04. The number of hydrogen-bond donors (Lipinski definition) is 0. The molecule has 0 atom stereocenters. The van der Waals surface area contributed by atoms with Crippen molar-refractivity contribution in [3.63, 3.8) is 0 Å². The fourth-order valence-corrected chi connectivity index (χ4v) is 0.721. The second-order valence-electron chi connectivity index (χ2n) is 2.09. The maximum absolute atomic E-state index is 12.4. The van der Waals surface area contributed by atoms with Gasteiger partial charge in [0.15, 0.2) is 0 Å². The molecular formula is C9H9FO. The van der Waals surface area contributed by atoms with E-state index in [9.17, 15) is 4.39 Å². The Bertz CT molecular complexity index is 238. The standard InChI is InChI=1S/C9H9FO/c1-11-7-6-8-2-4-9(10)5-3-8/h2-7H,1H3. The van der Waals surface area contributed by atoms with E-state index >= 15 is 0 Å². The number of methoxy groups -OCH3 is 1. The summed E-state index contributed by atoms with van der Waals surface area (Å²) in [5, 5.41) is 0. The van der Waals surface area contributed by atoms with Crippen molar-refractivity contribution in [1.29, 1.82) is 0 Å². The van der Waals surface area contributed by atoms with Gasteiger partial charge in [0.05, 0.1) is 13.4 Å². The van der Waals surface area contributed by atoms with E-state index < -0.39 is 0 Å². The Morgan fingerprint density at radius 2 is 1.91 bits per heavy atom. The summed E-state index contributed by atoms with van der Waals surface area (Å²) in [6.45, 7) is 0. The third kappa shape index (κ3) is 2.42. The summed E-state index contributed by atoms with van der Waals surface area (Å²) in [5.41, 5.74) is 0.924. The van der Waals surface area contributed by atoms with Gasteiger partial charge in [-0.1, -0.05) is 12.1 Å². The molecule has 0 saturated heterocycles. The summed E-state index contributed by atoms with van der Waals surface area (Å²) in [6, 6.07) is 6.19. The first kappa shape index (κ1) is 7.79. The van der Waals surface area contributed by atoms with E-state index in [1.165, 1.54) is 12.1 Å². The number of rotatable bonds is 2. The quantitative estimate of drug-likeness (QED) is 0.591. The molecule has 0 amide bonds. The van der Waals surface area contributed by atoms with E-state index in [2.05, 4.69) is 0 Å². The first-order valence-corrected chi connectivity index (χ1v) is 3.28. The molecule has 0 spiro atoms. The molecule has 58 valence electrons. The van der Waals surface area contributed by atoms with Crippen LogP contribution in [0.15, 0.2) is 30.5 Å². The maximum atomic E-state index is 12.4. The van der Waals surface area contributed by atoms with Crippen LogP contribution in [0, 0.1) is 5.82 Å². The van der Waals surface area contributed by atoms with Crippen LogP contribution in [-0.4, -0.2) is 7.11 Å². The highest BCUT2D eigenvalue weighted by Gasteiger charge is 1.87. The Balaban J connectivity index is 2.73. The van der Waals surface area contributed by atoms with Crippen molar-refractivity contribution in [2.45, 2.75) is 0 Å². The average molecular weight is 152 g/mol. The monoisotopic (exact) mass is 152 g/mol. The predicted molar refractivity (Wildman–Crippen MR) is 42.4 cm³/mol. The fraction of sp³-hybridized carbons (Fsp3) is 0.111. The number of hydrogen-bond acceptors (Lipinski definition) is 1. The highest BCUT2D eigenvalue weighted by molar-refractivity contribution is 5.47. The summed E-state index contributed by atoms with van der Waals surface area (Å²) in [4.78, 5) is 0. The topological polar surface area (TPSA) is 9.23 Å². The van der Waals surface area contributed by atoms with E-state index in [0.29, 0.717) is 0 Å². The molecule has 11 heavy (non-hydrogen) atoms. The second-order valence-corrected chi connectivity index (χ2v) is 2.09. The van der Waals surface area contributed by atoms with E-state index in [0.717, 1.165) is 5.56 Å². The molecule has 0 fully saturated rings. The molecule has 0 aromatic heterocycles. The van der Waals surface area contributed by atoms with Gasteiger partial charge in [0.1, 0.15) is 5.82 Å². The molecule has 2 heteroatoms. The summed E-state index contributed by atoms with van der Waals surface area (Å²) >= 11 is 0. The van der Waals surface area contributed by atoms with Crippen LogP contribution < -0.4 is 0 Å². The Morgan fingerprint density at radius 1 is 1.27 bits per heavy atom. The lowest BCUT2D eigenvalue weighted by molar-refractivity contribution is 0.341. The lowest BCUT2D eigenvalue weighted by atomic mass is 10.2. The molecule has 0 heterocycles. The zero-order valence-electron chi connectivity index (χ0n) is 6.25. The first-order valence-electron chi connectivity index (χ1n) is 3.28. The molecule has 0 aliphatic heterocycles. The van der Waals surface area contributed by atoms with Gasteiger partial charge in [-0.05, 0) is 23.8 Å². The molecule has 1 rings (SSSR count). The summed E-state index contributed by atoms with van der Waals surface area (Å²) in [7, 11) is 1.57. The van der Waals surface area contributed by atoms with Crippen molar-refractivity contribution in [2.75, 3.05) is 7.11 Å². The maximum Gasteiger partial charge on any atom is 0.123 e. The zero-order valence-corrected chi connectivity index (χ0v) is 6.25. The molecule has 1 aromatic rings. The van der Waals surface area contributed by atoms with Crippen LogP contribution in [-0.2, 0) is 4.74 Å². The van der Waals surface area contributed by atoms with E-state index in [1.807, 2.05) is 0 Å². The van der Waals surface area contributed by atoms with Crippen molar-refractivity contribution in [3.05, 3.63) is 41.9 Å². The van der Waals surface area contributed by atoms with Crippen molar-refractivity contribution < 1.29 is 9.13 Å². The second kappa shape index (κ2) is 3.76. The molecule has 0 bridgehead atoms. The number of halogens is 1. The molecule has 0 aliphatic rings. The molecule has 0 N–H and O–H groups in total. The van der Waals surface area contributed by atoms with E-state index in [-0.39, 0.29) is 5.82 Å². The minimum absolute atomic E-state index is 0.223. The Kier molecular flexibility index (Phi) is 2.66. The minimum Gasteiger partial charge on any atom is -0.504 e. The smallest absolute Gasteiger partial charge is 0.123 e. The van der Waals surface area contributed by atoms with Crippen molar-refractivity contribution in [3.8, 4) is 0 Å². The molecule has 1 aromatic carbocycles. The number of ether oxygens (including phenoxy) is 1. The van der Waals surface area contributed by atoms with Crippen LogP contribution in [0.25, 0.3) is 6.08 Å². The summed E-state index contributed by atoms with van der Waals surface area (Å²) in [6.07, 6.45) is 3.31. The van der Waals surface area contributed by atoms with Crippen LogP contribution in [0.4, 0.5) is 4.39 Å². The van der Waals surface area contributed by atoms with Crippen molar-refractivity contribution in [2.24, 2.45) is 0 Å². The van der Waals surface area contributed by atoms with Gasteiger partial charge in [-0.15, -0.1) is 0 Å². The van der Waals surface area contributed by atoms with Gasteiger partial charge in [0.25, 0.3) is 0 Å². The minimum atomic E-state index is -0.223. The highest BCUT2D eigenvalue weighted by Crippen LogP contribution is 2.03. The SMILES string of the molecule is COC=Cc1ccc(F)cc1. The lowest BCUT2D eigenvalue weighted by Gasteiger charge is -1.91. The molecule has 0 radical (unpaired) electrons. The zero-order chi connectivity index (χ0) is 8.10. The third-order valence-electron chi connectivity index (χ3n) is 1.27. The van der Waals surface area contributed by atoms with Crippen LogP contribution >= 0.6 is 0 Å². The fourth-order valence-electron chi connectivity index (χ4n) is 0.721. The predicted octanol–water partition coefficient (Wildman–Crippen LogP) is 2.44.